The van der Waals surface area contributed by atoms with E-state index in [9.17, 15) is 4.79 Å². The number of aromatic nitrogens is 2. The molecule has 1 aromatic carbocycles. The third kappa shape index (κ3) is 2.49. The summed E-state index contributed by atoms with van der Waals surface area (Å²) in [5.41, 5.74) is 13.1. The lowest BCUT2D eigenvalue weighted by atomic mass is 10.1. The zero-order valence-electron chi connectivity index (χ0n) is 9.81. The van der Waals surface area contributed by atoms with Crippen LogP contribution in [-0.2, 0) is 13.1 Å². The van der Waals surface area contributed by atoms with Crippen molar-refractivity contribution in [3.05, 3.63) is 52.1 Å². The molecular formula is C12H15N5O. The first-order valence-corrected chi connectivity index (χ1v) is 5.56. The molecule has 0 spiro atoms. The Morgan fingerprint density at radius 2 is 2.00 bits per heavy atom. The van der Waals surface area contributed by atoms with Crippen molar-refractivity contribution in [2.75, 3.05) is 11.1 Å². The molecule has 1 heterocycles. The number of nitrogens with one attached hydrogen (secondary N) is 2. The number of benzene rings is 1. The van der Waals surface area contributed by atoms with Gasteiger partial charge < -0.3 is 21.8 Å². The van der Waals surface area contributed by atoms with E-state index >= 15 is 0 Å². The predicted molar refractivity (Wildman–Crippen MR) is 70.9 cm³/mol. The minimum atomic E-state index is -0.348. The Kier molecular flexibility index (Phi) is 3.59. The standard InChI is InChI=1S/C12H15N5O/c13-5-8-3-1-2-4-9(8)6-15-11-10(14)12(18)17-7-16-11/h1-4,7H,5-6,13-14H2,(H2,15,16,17,18). The van der Waals surface area contributed by atoms with Crippen molar-refractivity contribution in [1.29, 1.82) is 0 Å². The number of hydrogen-bond acceptors (Lipinski definition) is 5. The maximum atomic E-state index is 11.3. The molecular weight excluding hydrogens is 230 g/mol. The summed E-state index contributed by atoms with van der Waals surface area (Å²) < 4.78 is 0. The Balaban J connectivity index is 2.16. The highest BCUT2D eigenvalue weighted by molar-refractivity contribution is 5.59. The zero-order valence-corrected chi connectivity index (χ0v) is 9.81. The van der Waals surface area contributed by atoms with E-state index in [1.165, 1.54) is 6.33 Å². The summed E-state index contributed by atoms with van der Waals surface area (Å²) in [6, 6.07) is 7.81. The average Bonchev–Trinajstić information content (AvgIpc) is 2.41. The van der Waals surface area contributed by atoms with Crippen LogP contribution in [0.1, 0.15) is 11.1 Å². The van der Waals surface area contributed by atoms with Gasteiger partial charge in [0.05, 0.1) is 6.33 Å². The topological polar surface area (TPSA) is 110 Å². The van der Waals surface area contributed by atoms with Crippen LogP contribution in [0.4, 0.5) is 11.5 Å². The monoisotopic (exact) mass is 245 g/mol. The molecule has 1 aromatic heterocycles. The van der Waals surface area contributed by atoms with E-state index < -0.39 is 0 Å². The number of hydrogen-bond donors (Lipinski definition) is 4. The van der Waals surface area contributed by atoms with Gasteiger partial charge in [-0.1, -0.05) is 24.3 Å². The summed E-state index contributed by atoms with van der Waals surface area (Å²) in [4.78, 5) is 17.7. The summed E-state index contributed by atoms with van der Waals surface area (Å²) in [7, 11) is 0. The van der Waals surface area contributed by atoms with Gasteiger partial charge in [0.2, 0.25) is 0 Å². The molecule has 0 amide bonds. The van der Waals surface area contributed by atoms with E-state index in [-0.39, 0.29) is 11.2 Å². The number of rotatable bonds is 4. The smallest absolute Gasteiger partial charge is 0.276 e. The number of nitrogen functional groups attached to an aromatic ring is 1. The quantitative estimate of drug-likeness (QED) is 0.624. The number of nitrogens with zero attached hydrogens (tertiary/aromatic N) is 1. The highest BCUT2D eigenvalue weighted by Gasteiger charge is 2.05. The molecule has 0 bridgehead atoms. The van der Waals surface area contributed by atoms with Gasteiger partial charge in [-0.15, -0.1) is 0 Å². The van der Waals surface area contributed by atoms with Gasteiger partial charge in [0.25, 0.3) is 5.56 Å². The van der Waals surface area contributed by atoms with Crippen LogP contribution in [0, 0.1) is 0 Å². The van der Waals surface area contributed by atoms with Gasteiger partial charge in [0, 0.05) is 13.1 Å². The van der Waals surface area contributed by atoms with Crippen molar-refractivity contribution in [3.8, 4) is 0 Å². The number of nitrogens with two attached hydrogens (primary N) is 2. The maximum Gasteiger partial charge on any atom is 0.276 e. The maximum absolute atomic E-state index is 11.3. The Bertz CT molecular complexity index is 593. The SMILES string of the molecule is NCc1ccccc1CNc1nc[nH]c(=O)c1N. The Hall–Kier alpha value is -2.34. The minimum Gasteiger partial charge on any atom is -0.391 e. The molecule has 18 heavy (non-hydrogen) atoms. The van der Waals surface area contributed by atoms with Crippen LogP contribution in [0.25, 0.3) is 0 Å². The first kappa shape index (κ1) is 12.1. The summed E-state index contributed by atoms with van der Waals surface area (Å²) in [5.74, 6) is 0.380. The largest absolute Gasteiger partial charge is 0.391 e. The van der Waals surface area contributed by atoms with Crippen molar-refractivity contribution in [3.63, 3.8) is 0 Å². The molecule has 0 saturated heterocycles. The van der Waals surface area contributed by atoms with E-state index in [0.29, 0.717) is 18.9 Å². The molecule has 6 nitrogen and oxygen atoms in total. The molecule has 94 valence electrons. The first-order valence-electron chi connectivity index (χ1n) is 5.56. The van der Waals surface area contributed by atoms with Gasteiger partial charge in [-0.2, -0.15) is 0 Å². The molecule has 6 heteroatoms. The number of H-pyrrole nitrogens is 1. The van der Waals surface area contributed by atoms with Crippen molar-refractivity contribution < 1.29 is 0 Å². The summed E-state index contributed by atoms with van der Waals surface area (Å²) in [6.45, 7) is 0.990. The lowest BCUT2D eigenvalue weighted by Crippen LogP contribution is -2.16. The molecule has 0 aliphatic rings. The van der Waals surface area contributed by atoms with Crippen LogP contribution >= 0.6 is 0 Å². The molecule has 0 unspecified atom stereocenters. The fourth-order valence-corrected chi connectivity index (χ4v) is 1.66. The van der Waals surface area contributed by atoms with Crippen molar-refractivity contribution in [2.45, 2.75) is 13.1 Å². The third-order valence-corrected chi connectivity index (χ3v) is 2.67. The molecule has 2 aromatic rings. The predicted octanol–water partition coefficient (Wildman–Crippen LogP) is 0.423. The second-order valence-electron chi connectivity index (χ2n) is 3.82. The average molecular weight is 245 g/mol. The highest BCUT2D eigenvalue weighted by atomic mass is 16.1. The lowest BCUT2D eigenvalue weighted by Gasteiger charge is -2.10. The lowest BCUT2D eigenvalue weighted by molar-refractivity contribution is 0.996. The molecule has 0 saturated carbocycles. The van der Waals surface area contributed by atoms with Crippen LogP contribution in [0.3, 0.4) is 0 Å². The molecule has 0 atom stereocenters. The zero-order chi connectivity index (χ0) is 13.0. The van der Waals surface area contributed by atoms with Gasteiger partial charge in [0.15, 0.2) is 5.82 Å². The summed E-state index contributed by atoms with van der Waals surface area (Å²) in [5, 5.41) is 3.03. The molecule has 0 fully saturated rings. The van der Waals surface area contributed by atoms with Crippen molar-refractivity contribution in [1.82, 2.24) is 9.97 Å². The fourth-order valence-electron chi connectivity index (χ4n) is 1.66. The van der Waals surface area contributed by atoms with Gasteiger partial charge in [0.1, 0.15) is 5.69 Å². The van der Waals surface area contributed by atoms with E-state index in [4.69, 9.17) is 11.5 Å². The van der Waals surface area contributed by atoms with E-state index in [1.54, 1.807) is 0 Å². The van der Waals surface area contributed by atoms with E-state index in [2.05, 4.69) is 15.3 Å². The number of aromatic amines is 1. The number of anilines is 2. The molecule has 2 rings (SSSR count). The van der Waals surface area contributed by atoms with Crippen LogP contribution in [0.15, 0.2) is 35.4 Å². The molecule has 0 radical (unpaired) electrons. The molecule has 6 N–H and O–H groups in total. The molecule has 0 aliphatic carbocycles. The Morgan fingerprint density at radius 3 is 2.72 bits per heavy atom. The molecule has 0 aliphatic heterocycles. The minimum absolute atomic E-state index is 0.0859. The van der Waals surface area contributed by atoms with E-state index in [0.717, 1.165) is 11.1 Å². The second kappa shape index (κ2) is 5.33. The summed E-state index contributed by atoms with van der Waals surface area (Å²) in [6.07, 6.45) is 1.32. The van der Waals surface area contributed by atoms with Gasteiger partial charge >= 0.3 is 0 Å². The van der Waals surface area contributed by atoms with Gasteiger partial charge in [-0.3, -0.25) is 4.79 Å². The van der Waals surface area contributed by atoms with Gasteiger partial charge in [-0.05, 0) is 11.1 Å². The normalized spacial score (nSPS) is 10.3. The van der Waals surface area contributed by atoms with E-state index in [1.807, 2.05) is 24.3 Å². The van der Waals surface area contributed by atoms with Crippen LogP contribution < -0.4 is 22.3 Å². The first-order chi connectivity index (χ1) is 8.72. The summed E-state index contributed by atoms with van der Waals surface area (Å²) >= 11 is 0. The van der Waals surface area contributed by atoms with Crippen molar-refractivity contribution >= 4 is 11.5 Å². The van der Waals surface area contributed by atoms with Crippen molar-refractivity contribution in [2.24, 2.45) is 5.73 Å². The Morgan fingerprint density at radius 1 is 1.28 bits per heavy atom. The van der Waals surface area contributed by atoms with Crippen LogP contribution in [-0.4, -0.2) is 9.97 Å². The van der Waals surface area contributed by atoms with Crippen LogP contribution in [0.2, 0.25) is 0 Å². The van der Waals surface area contributed by atoms with Crippen LogP contribution in [0.5, 0.6) is 0 Å². The second-order valence-corrected chi connectivity index (χ2v) is 3.82. The van der Waals surface area contributed by atoms with Gasteiger partial charge in [-0.25, -0.2) is 4.98 Å². The third-order valence-electron chi connectivity index (χ3n) is 2.67. The highest BCUT2D eigenvalue weighted by Crippen LogP contribution is 2.12. The fraction of sp³-hybridized carbons (Fsp3) is 0.167. The Labute approximate surface area is 104 Å².